The van der Waals surface area contributed by atoms with Gasteiger partial charge >= 0.3 is 5.96 Å². The molecule has 0 unspecified atom stereocenters. The van der Waals surface area contributed by atoms with Crippen LogP contribution in [0.4, 0.5) is 5.69 Å². The maximum absolute atomic E-state index is 12.9. The average molecular weight is 534 g/mol. The van der Waals surface area contributed by atoms with Crippen LogP contribution < -0.4 is 15.4 Å². The van der Waals surface area contributed by atoms with Gasteiger partial charge in [0.15, 0.2) is 5.82 Å². The summed E-state index contributed by atoms with van der Waals surface area (Å²) in [6.45, 7) is 3.68. The Hall–Kier alpha value is -3.79. The van der Waals surface area contributed by atoms with E-state index in [0.717, 1.165) is 62.1 Å². The van der Waals surface area contributed by atoms with Crippen LogP contribution in [0.25, 0.3) is 0 Å². The summed E-state index contributed by atoms with van der Waals surface area (Å²) in [5.41, 5.74) is 2.30. The molecule has 1 aromatic heterocycles. The molecule has 1 spiro atoms. The molecule has 10 nitrogen and oxygen atoms in total. The molecule has 10 heteroatoms. The minimum absolute atomic E-state index is 0.163. The lowest BCUT2D eigenvalue weighted by Crippen LogP contribution is -2.66. The highest BCUT2D eigenvalue weighted by Gasteiger charge is 2.49. The first-order chi connectivity index (χ1) is 19.0. The van der Waals surface area contributed by atoms with Gasteiger partial charge in [-0.1, -0.05) is 12.8 Å². The van der Waals surface area contributed by atoms with Crippen molar-refractivity contribution < 1.29 is 23.2 Å². The fourth-order valence-electron chi connectivity index (χ4n) is 6.20. The first kappa shape index (κ1) is 25.5. The number of hydrogen-bond acceptors (Lipinski definition) is 7. The van der Waals surface area contributed by atoms with Gasteiger partial charge in [-0.25, -0.2) is 0 Å². The molecule has 2 N–H and O–H groups in total. The quantitative estimate of drug-likeness (QED) is 0.552. The smallest absolute Gasteiger partial charge is 0.309 e. The number of benzene rings is 1. The zero-order valence-corrected chi connectivity index (χ0v) is 22.7. The molecule has 2 amide bonds. The topological polar surface area (TPSA) is 99.4 Å². The Morgan fingerprint density at radius 2 is 2.03 bits per heavy atom. The molecular formula is C29H37N6O4+. The van der Waals surface area contributed by atoms with Gasteiger partial charge in [0.2, 0.25) is 5.91 Å². The predicted octanol–water partition coefficient (Wildman–Crippen LogP) is 3.50. The van der Waals surface area contributed by atoms with Crippen molar-refractivity contribution in [2.45, 2.75) is 51.1 Å². The number of quaternary nitrogens is 1. The van der Waals surface area contributed by atoms with Crippen molar-refractivity contribution in [3.8, 4) is 5.75 Å². The number of methoxy groups -OCH3 is 1. The zero-order valence-electron chi connectivity index (χ0n) is 22.7. The maximum atomic E-state index is 12.9. The highest BCUT2D eigenvalue weighted by Crippen LogP contribution is 2.38. The average Bonchev–Trinajstić information content (AvgIpc) is 3.64. The summed E-state index contributed by atoms with van der Waals surface area (Å²) in [6, 6.07) is 9.46. The van der Waals surface area contributed by atoms with Crippen LogP contribution in [0, 0.1) is 0 Å². The van der Waals surface area contributed by atoms with Gasteiger partial charge in [0.05, 0.1) is 38.7 Å². The van der Waals surface area contributed by atoms with Crippen LogP contribution in [-0.2, 0) is 11.3 Å². The molecule has 39 heavy (non-hydrogen) atoms. The normalized spacial score (nSPS) is 20.9. The zero-order chi connectivity index (χ0) is 27.0. The molecule has 4 heterocycles. The summed E-state index contributed by atoms with van der Waals surface area (Å²) < 4.78 is 11.7. The fourth-order valence-corrected chi connectivity index (χ4v) is 6.20. The van der Waals surface area contributed by atoms with Crippen molar-refractivity contribution in [2.24, 2.45) is 4.99 Å². The molecule has 1 saturated heterocycles. The number of aliphatic imine (C=N–C) groups is 1. The largest absolute Gasteiger partial charge is 0.495 e. The molecule has 3 aliphatic heterocycles. The van der Waals surface area contributed by atoms with Gasteiger partial charge in [-0.05, 0) is 43.2 Å². The van der Waals surface area contributed by atoms with Gasteiger partial charge in [0.25, 0.3) is 5.91 Å². The SMILES string of the molecule is COc1cc(C(=O)NCc2ccco2)ccc1NC1=NC2=C(C[N+]13CCC3)N(C)C(=O)CCN2C1CCCC1. The highest BCUT2D eigenvalue weighted by atomic mass is 16.5. The molecule has 0 bridgehead atoms. The lowest BCUT2D eigenvalue weighted by molar-refractivity contribution is -0.878. The Labute approximate surface area is 228 Å². The number of nitrogens with one attached hydrogen (secondary N) is 2. The van der Waals surface area contributed by atoms with Crippen LogP contribution in [-0.4, -0.2) is 78.4 Å². The number of nitrogens with zero attached hydrogens (tertiary/aromatic N) is 4. The molecule has 206 valence electrons. The number of ether oxygens (including phenoxy) is 1. The Morgan fingerprint density at radius 3 is 2.72 bits per heavy atom. The lowest BCUT2D eigenvalue weighted by Gasteiger charge is -2.48. The summed E-state index contributed by atoms with van der Waals surface area (Å²) in [5.74, 6) is 3.03. The predicted molar refractivity (Wildman–Crippen MR) is 147 cm³/mol. The van der Waals surface area contributed by atoms with Gasteiger partial charge in [0, 0.05) is 38.0 Å². The van der Waals surface area contributed by atoms with E-state index in [1.54, 1.807) is 31.6 Å². The third-order valence-corrected chi connectivity index (χ3v) is 8.64. The number of amides is 2. The Kier molecular flexibility index (Phi) is 6.80. The van der Waals surface area contributed by atoms with Crippen LogP contribution in [0.3, 0.4) is 0 Å². The van der Waals surface area contributed by atoms with E-state index in [-0.39, 0.29) is 11.8 Å². The van der Waals surface area contributed by atoms with Gasteiger partial charge in [-0.2, -0.15) is 4.99 Å². The molecule has 1 saturated carbocycles. The van der Waals surface area contributed by atoms with E-state index in [1.807, 2.05) is 24.1 Å². The van der Waals surface area contributed by atoms with E-state index in [2.05, 4.69) is 15.5 Å². The minimum Gasteiger partial charge on any atom is -0.495 e. The van der Waals surface area contributed by atoms with Crippen molar-refractivity contribution in [2.75, 3.05) is 45.7 Å². The summed E-state index contributed by atoms with van der Waals surface area (Å²) in [6.07, 6.45) is 7.94. The second kappa shape index (κ2) is 10.4. The molecule has 2 fully saturated rings. The molecule has 0 radical (unpaired) electrons. The maximum Gasteiger partial charge on any atom is 0.309 e. The first-order valence-electron chi connectivity index (χ1n) is 13.9. The number of likely N-dealkylation sites (N-methyl/N-ethyl adjacent to an activating group) is 1. The van der Waals surface area contributed by atoms with E-state index in [1.165, 1.54) is 12.8 Å². The van der Waals surface area contributed by atoms with E-state index in [9.17, 15) is 9.59 Å². The third-order valence-electron chi connectivity index (χ3n) is 8.64. The van der Waals surface area contributed by atoms with Gasteiger partial charge in [-0.3, -0.25) is 19.4 Å². The van der Waals surface area contributed by atoms with Crippen molar-refractivity contribution in [1.82, 2.24) is 15.1 Å². The number of guanidine groups is 1. The summed E-state index contributed by atoms with van der Waals surface area (Å²) >= 11 is 0. The van der Waals surface area contributed by atoms with Crippen LogP contribution in [0.5, 0.6) is 5.75 Å². The summed E-state index contributed by atoms with van der Waals surface area (Å²) in [7, 11) is 3.51. The number of anilines is 1. The highest BCUT2D eigenvalue weighted by molar-refractivity contribution is 5.97. The molecular weight excluding hydrogens is 496 g/mol. The van der Waals surface area contributed by atoms with Gasteiger partial charge < -0.3 is 24.3 Å². The number of carbonyl (C=O) groups is 2. The monoisotopic (exact) mass is 533 g/mol. The second-order valence-corrected chi connectivity index (χ2v) is 10.9. The van der Waals surface area contributed by atoms with E-state index in [0.29, 0.717) is 47.1 Å². The molecule has 1 aromatic carbocycles. The molecule has 6 rings (SSSR count). The number of hydrogen-bond donors (Lipinski definition) is 2. The Morgan fingerprint density at radius 1 is 1.21 bits per heavy atom. The molecule has 2 aromatic rings. The Bertz CT molecular complexity index is 1310. The van der Waals surface area contributed by atoms with Crippen molar-refractivity contribution in [3.05, 3.63) is 59.4 Å². The molecule has 0 atom stereocenters. The molecule has 1 aliphatic carbocycles. The van der Waals surface area contributed by atoms with Crippen LogP contribution in [0.2, 0.25) is 0 Å². The number of furan rings is 1. The first-order valence-corrected chi connectivity index (χ1v) is 13.9. The van der Waals surface area contributed by atoms with E-state index < -0.39 is 0 Å². The van der Waals surface area contributed by atoms with Gasteiger partial charge in [0.1, 0.15) is 23.8 Å². The summed E-state index contributed by atoms with van der Waals surface area (Å²) in [5, 5.41) is 6.47. The van der Waals surface area contributed by atoms with Crippen molar-refractivity contribution >= 4 is 23.5 Å². The van der Waals surface area contributed by atoms with Crippen molar-refractivity contribution in [3.63, 3.8) is 0 Å². The lowest BCUT2D eigenvalue weighted by atomic mass is 10.1. The second-order valence-electron chi connectivity index (χ2n) is 10.9. The molecule has 4 aliphatic rings. The van der Waals surface area contributed by atoms with Crippen LogP contribution >= 0.6 is 0 Å². The third kappa shape index (κ3) is 4.78. The van der Waals surface area contributed by atoms with Crippen molar-refractivity contribution in [1.29, 1.82) is 0 Å². The van der Waals surface area contributed by atoms with Crippen LogP contribution in [0.15, 0.2) is 57.5 Å². The Balaban J connectivity index is 1.30. The van der Waals surface area contributed by atoms with E-state index >= 15 is 0 Å². The fraction of sp³-hybridized carbons (Fsp3) is 0.483. The minimum atomic E-state index is -0.203. The van der Waals surface area contributed by atoms with Crippen LogP contribution in [0.1, 0.15) is 54.6 Å². The number of carbonyl (C=O) groups excluding carboxylic acids is 2. The summed E-state index contributed by atoms with van der Waals surface area (Å²) in [4.78, 5) is 35.2. The van der Waals surface area contributed by atoms with Gasteiger partial charge in [-0.15, -0.1) is 0 Å². The number of rotatable bonds is 6. The standard InChI is InChI=1S/C29H36N6O4/c1-33-24-19-35(14-6-15-35)29(32-27(24)34(13-12-26(33)36)21-7-3-4-8-21)31-23-11-10-20(17-25(23)38-2)28(37)30-18-22-9-5-16-39-22/h5,9-11,16-17,21H,3-4,6-8,12-15,18-19H2,1-2H3,(H-,30,31,32,37)/p+1. The van der Waals surface area contributed by atoms with E-state index in [4.69, 9.17) is 14.1 Å².